The molecule has 2 aliphatic heterocycles. The largest absolute Gasteiger partial charge is 0.333 e. The molecule has 1 aromatic carbocycles. The van der Waals surface area contributed by atoms with Crippen molar-refractivity contribution in [1.29, 1.82) is 0 Å². The third-order valence-electron chi connectivity index (χ3n) is 4.62. The van der Waals surface area contributed by atoms with Gasteiger partial charge in [0.1, 0.15) is 5.82 Å². The van der Waals surface area contributed by atoms with Gasteiger partial charge in [-0.2, -0.15) is 0 Å². The van der Waals surface area contributed by atoms with Crippen LogP contribution in [0, 0.1) is 12.7 Å². The van der Waals surface area contributed by atoms with Crippen molar-refractivity contribution < 1.29 is 9.18 Å². The Morgan fingerprint density at radius 1 is 1.35 bits per heavy atom. The van der Waals surface area contributed by atoms with Crippen LogP contribution in [-0.2, 0) is 0 Å². The van der Waals surface area contributed by atoms with Gasteiger partial charge in [0, 0.05) is 25.2 Å². The molecule has 2 saturated heterocycles. The highest BCUT2D eigenvalue weighted by molar-refractivity contribution is 5.95. The molecule has 1 aromatic rings. The molecule has 2 fully saturated rings. The summed E-state index contributed by atoms with van der Waals surface area (Å²) in [7, 11) is 0. The van der Waals surface area contributed by atoms with E-state index in [1.54, 1.807) is 25.1 Å². The highest BCUT2D eigenvalue weighted by atomic mass is 19.1. The molecule has 1 amide bonds. The van der Waals surface area contributed by atoms with Crippen molar-refractivity contribution in [3.63, 3.8) is 0 Å². The number of rotatable bonds is 1. The molecule has 2 aliphatic rings. The molecule has 0 bridgehead atoms. The van der Waals surface area contributed by atoms with Gasteiger partial charge in [0.2, 0.25) is 0 Å². The highest BCUT2D eigenvalue weighted by Crippen LogP contribution is 2.26. The fraction of sp³-hybridized carbons (Fsp3) is 0.562. The van der Waals surface area contributed by atoms with E-state index in [0.717, 1.165) is 26.1 Å². The molecule has 0 saturated carbocycles. The van der Waals surface area contributed by atoms with Crippen LogP contribution in [-0.4, -0.2) is 47.4 Å². The van der Waals surface area contributed by atoms with Crippen molar-refractivity contribution in [2.75, 3.05) is 19.6 Å². The monoisotopic (exact) mass is 276 g/mol. The van der Waals surface area contributed by atoms with E-state index in [1.165, 1.54) is 6.42 Å². The van der Waals surface area contributed by atoms with Gasteiger partial charge in [0.25, 0.3) is 5.91 Å². The van der Waals surface area contributed by atoms with E-state index in [4.69, 9.17) is 0 Å². The average Bonchev–Trinajstić information content (AvgIpc) is 2.87. The number of hydrogen-bond acceptors (Lipinski definition) is 2. The summed E-state index contributed by atoms with van der Waals surface area (Å²) in [6.07, 6.45) is 2.35. The number of carbonyl (C=O) groups excluding carboxylic acids is 1. The van der Waals surface area contributed by atoms with Crippen molar-refractivity contribution >= 4 is 5.91 Å². The molecule has 0 radical (unpaired) electrons. The SMILES string of the molecule is Cc1cccc(C(=O)N2CC3CCCN3CC2C)c1F. The van der Waals surface area contributed by atoms with Gasteiger partial charge in [-0.25, -0.2) is 4.39 Å². The Morgan fingerprint density at radius 2 is 2.15 bits per heavy atom. The molecule has 3 rings (SSSR count). The Morgan fingerprint density at radius 3 is 2.95 bits per heavy atom. The summed E-state index contributed by atoms with van der Waals surface area (Å²) in [5.74, 6) is -0.538. The van der Waals surface area contributed by atoms with Gasteiger partial charge in [0.15, 0.2) is 0 Å². The van der Waals surface area contributed by atoms with E-state index in [0.29, 0.717) is 11.6 Å². The summed E-state index contributed by atoms with van der Waals surface area (Å²) >= 11 is 0. The summed E-state index contributed by atoms with van der Waals surface area (Å²) in [4.78, 5) is 17.0. The lowest BCUT2D eigenvalue weighted by Crippen LogP contribution is -2.56. The quantitative estimate of drug-likeness (QED) is 0.786. The van der Waals surface area contributed by atoms with Crippen LogP contribution < -0.4 is 0 Å². The molecule has 3 nitrogen and oxygen atoms in total. The average molecular weight is 276 g/mol. The normalized spacial score (nSPS) is 26.6. The Hall–Kier alpha value is -1.42. The van der Waals surface area contributed by atoms with Gasteiger partial charge in [-0.05, 0) is 44.9 Å². The second kappa shape index (κ2) is 5.17. The topological polar surface area (TPSA) is 23.6 Å². The number of halogens is 1. The van der Waals surface area contributed by atoms with E-state index >= 15 is 0 Å². The van der Waals surface area contributed by atoms with Crippen LogP contribution in [0.2, 0.25) is 0 Å². The van der Waals surface area contributed by atoms with Crippen molar-refractivity contribution in [1.82, 2.24) is 9.80 Å². The van der Waals surface area contributed by atoms with Gasteiger partial charge < -0.3 is 4.90 Å². The summed E-state index contributed by atoms with van der Waals surface area (Å²) in [6.45, 7) is 6.53. The Labute approximate surface area is 119 Å². The first kappa shape index (κ1) is 13.6. The molecule has 0 N–H and O–H groups in total. The minimum Gasteiger partial charge on any atom is -0.333 e. The molecule has 0 aliphatic carbocycles. The molecule has 0 aromatic heterocycles. The maximum absolute atomic E-state index is 14.1. The van der Waals surface area contributed by atoms with Crippen LogP contribution in [0.15, 0.2) is 18.2 Å². The van der Waals surface area contributed by atoms with E-state index < -0.39 is 0 Å². The van der Waals surface area contributed by atoms with Crippen LogP contribution >= 0.6 is 0 Å². The minimum atomic E-state index is -0.376. The van der Waals surface area contributed by atoms with Crippen LogP contribution in [0.3, 0.4) is 0 Å². The van der Waals surface area contributed by atoms with E-state index in [2.05, 4.69) is 11.8 Å². The number of piperazine rings is 1. The van der Waals surface area contributed by atoms with Crippen molar-refractivity contribution in [2.24, 2.45) is 0 Å². The standard InChI is InChI=1S/C16H21FN2O/c1-11-5-3-7-14(15(11)17)16(20)19-10-13-6-4-8-18(13)9-12(19)2/h3,5,7,12-13H,4,6,8-10H2,1-2H3. The molecular formula is C16H21FN2O. The fourth-order valence-electron chi connectivity index (χ4n) is 3.44. The van der Waals surface area contributed by atoms with Crippen LogP contribution in [0.25, 0.3) is 0 Å². The zero-order valence-electron chi connectivity index (χ0n) is 12.1. The summed E-state index contributed by atoms with van der Waals surface area (Å²) < 4.78 is 14.1. The van der Waals surface area contributed by atoms with Crippen molar-refractivity contribution in [3.05, 3.63) is 35.1 Å². The van der Waals surface area contributed by atoms with Gasteiger partial charge in [-0.15, -0.1) is 0 Å². The molecule has 0 spiro atoms. The second-order valence-electron chi connectivity index (χ2n) is 6.03. The second-order valence-corrected chi connectivity index (χ2v) is 6.03. The number of hydrogen-bond donors (Lipinski definition) is 0. The smallest absolute Gasteiger partial charge is 0.257 e. The predicted octanol–water partition coefficient (Wildman–Crippen LogP) is 2.44. The first-order chi connectivity index (χ1) is 9.58. The first-order valence-corrected chi connectivity index (χ1v) is 7.38. The third-order valence-corrected chi connectivity index (χ3v) is 4.62. The maximum atomic E-state index is 14.1. The number of fused-ring (bicyclic) bond motifs is 1. The fourth-order valence-corrected chi connectivity index (χ4v) is 3.44. The maximum Gasteiger partial charge on any atom is 0.257 e. The molecule has 20 heavy (non-hydrogen) atoms. The summed E-state index contributed by atoms with van der Waals surface area (Å²) in [5.41, 5.74) is 0.742. The Bertz CT molecular complexity index is 531. The van der Waals surface area contributed by atoms with Crippen LogP contribution in [0.5, 0.6) is 0 Å². The lowest BCUT2D eigenvalue weighted by Gasteiger charge is -2.42. The van der Waals surface area contributed by atoms with E-state index in [1.807, 2.05) is 4.90 Å². The molecule has 108 valence electrons. The Balaban J connectivity index is 1.84. The van der Waals surface area contributed by atoms with Gasteiger partial charge >= 0.3 is 0 Å². The van der Waals surface area contributed by atoms with Crippen molar-refractivity contribution in [3.8, 4) is 0 Å². The van der Waals surface area contributed by atoms with Crippen molar-refractivity contribution in [2.45, 2.75) is 38.8 Å². The lowest BCUT2D eigenvalue weighted by molar-refractivity contribution is 0.0391. The number of amides is 1. The van der Waals surface area contributed by atoms with E-state index in [9.17, 15) is 9.18 Å². The molecule has 2 atom stereocenters. The number of carbonyl (C=O) groups is 1. The number of benzene rings is 1. The zero-order chi connectivity index (χ0) is 14.3. The number of aryl methyl sites for hydroxylation is 1. The zero-order valence-corrected chi connectivity index (χ0v) is 12.1. The lowest BCUT2D eigenvalue weighted by atomic mass is 10.0. The first-order valence-electron chi connectivity index (χ1n) is 7.38. The minimum absolute atomic E-state index is 0.150. The van der Waals surface area contributed by atoms with E-state index in [-0.39, 0.29) is 23.3 Å². The Kier molecular flexibility index (Phi) is 3.50. The number of nitrogens with zero attached hydrogens (tertiary/aromatic N) is 2. The van der Waals surface area contributed by atoms with Crippen LogP contribution in [0.4, 0.5) is 4.39 Å². The predicted molar refractivity (Wildman–Crippen MR) is 76.2 cm³/mol. The molecule has 2 unspecified atom stereocenters. The summed E-state index contributed by atoms with van der Waals surface area (Å²) in [5, 5.41) is 0. The highest BCUT2D eigenvalue weighted by Gasteiger charge is 2.37. The molecule has 4 heteroatoms. The molecular weight excluding hydrogens is 255 g/mol. The summed E-state index contributed by atoms with van der Waals surface area (Å²) in [6, 6.07) is 5.66. The van der Waals surface area contributed by atoms with Gasteiger partial charge in [-0.3, -0.25) is 9.69 Å². The van der Waals surface area contributed by atoms with Gasteiger partial charge in [0.05, 0.1) is 5.56 Å². The van der Waals surface area contributed by atoms with Crippen LogP contribution in [0.1, 0.15) is 35.7 Å². The third kappa shape index (κ3) is 2.22. The van der Waals surface area contributed by atoms with Gasteiger partial charge in [-0.1, -0.05) is 12.1 Å². The molecule has 2 heterocycles.